The largest absolute Gasteiger partial charge is 0.352 e. The van der Waals surface area contributed by atoms with Gasteiger partial charge in [-0.1, -0.05) is 18.0 Å². The molecule has 0 aliphatic heterocycles. The Hall–Kier alpha value is -2.86. The average Bonchev–Trinajstić information content (AvgIpc) is 3.06. The molecule has 1 heterocycles. The van der Waals surface area contributed by atoms with Crippen LogP contribution in [0, 0.1) is 0 Å². The van der Waals surface area contributed by atoms with Gasteiger partial charge in [-0.05, 0) is 61.7 Å². The minimum Gasteiger partial charge on any atom is -0.352 e. The highest BCUT2D eigenvalue weighted by Crippen LogP contribution is 2.35. The van der Waals surface area contributed by atoms with Crippen LogP contribution in [0.5, 0.6) is 0 Å². The Balaban J connectivity index is 1.24. The molecule has 1 aliphatic carbocycles. The molecule has 0 unspecified atom stereocenters. The van der Waals surface area contributed by atoms with Crippen molar-refractivity contribution in [2.75, 3.05) is 11.9 Å². The highest BCUT2D eigenvalue weighted by Gasteiger charge is 2.22. The number of amides is 2. The lowest BCUT2D eigenvalue weighted by Gasteiger charge is -2.22. The molecule has 3 aromatic rings. The lowest BCUT2D eigenvalue weighted by molar-refractivity contribution is -0.116. The number of nitrogens with one attached hydrogen (secondary N) is 3. The van der Waals surface area contributed by atoms with E-state index in [0.717, 1.165) is 22.5 Å². The second-order valence-corrected chi connectivity index (χ2v) is 7.83. The first kappa shape index (κ1) is 19.5. The number of hydrogen-bond donors (Lipinski definition) is 3. The number of halogens is 1. The van der Waals surface area contributed by atoms with E-state index in [-0.39, 0.29) is 11.8 Å². The van der Waals surface area contributed by atoms with Crippen LogP contribution >= 0.6 is 11.6 Å². The first-order chi connectivity index (χ1) is 14.1. The van der Waals surface area contributed by atoms with Gasteiger partial charge >= 0.3 is 0 Å². The van der Waals surface area contributed by atoms with E-state index in [2.05, 4.69) is 20.6 Å². The number of aromatic amines is 1. The minimum atomic E-state index is -0.172. The standard InChI is InChI=1S/C22H23ClN4O2/c23-16-8-6-15(7-9-16)22(29)24-12-2-5-20(28)25-17-10-11-18-19(13-17)27-21(26-18)14-3-1-4-14/h6-11,13-14H,1-5,12H2,(H,24,29)(H,25,28)(H,26,27). The molecule has 29 heavy (non-hydrogen) atoms. The van der Waals surface area contributed by atoms with Gasteiger partial charge in [-0.25, -0.2) is 4.98 Å². The van der Waals surface area contributed by atoms with Gasteiger partial charge in [0.1, 0.15) is 5.82 Å². The van der Waals surface area contributed by atoms with E-state index in [9.17, 15) is 9.59 Å². The Kier molecular flexibility index (Phi) is 5.81. The Morgan fingerprint density at radius 3 is 2.66 bits per heavy atom. The van der Waals surface area contributed by atoms with Crippen molar-refractivity contribution in [2.45, 2.75) is 38.0 Å². The number of anilines is 1. The van der Waals surface area contributed by atoms with E-state index in [1.54, 1.807) is 24.3 Å². The number of imidazole rings is 1. The highest BCUT2D eigenvalue weighted by atomic mass is 35.5. The van der Waals surface area contributed by atoms with Gasteiger partial charge in [-0.2, -0.15) is 0 Å². The third kappa shape index (κ3) is 4.77. The molecule has 1 aliphatic rings. The number of benzene rings is 2. The monoisotopic (exact) mass is 410 g/mol. The molecular formula is C22H23ClN4O2. The van der Waals surface area contributed by atoms with E-state index in [0.29, 0.717) is 35.9 Å². The predicted octanol–water partition coefficient (Wildman–Crippen LogP) is 4.63. The Labute approximate surface area is 174 Å². The van der Waals surface area contributed by atoms with Crippen LogP contribution < -0.4 is 10.6 Å². The normalized spacial score (nSPS) is 13.8. The summed E-state index contributed by atoms with van der Waals surface area (Å²) in [6.45, 7) is 0.430. The molecule has 0 spiro atoms. The first-order valence-corrected chi connectivity index (χ1v) is 10.3. The Morgan fingerprint density at radius 1 is 1.14 bits per heavy atom. The summed E-state index contributed by atoms with van der Waals surface area (Å²) < 4.78 is 0. The van der Waals surface area contributed by atoms with Crippen LogP contribution in [0.3, 0.4) is 0 Å². The molecule has 6 nitrogen and oxygen atoms in total. The summed E-state index contributed by atoms with van der Waals surface area (Å²) in [5.74, 6) is 1.34. The fourth-order valence-electron chi connectivity index (χ4n) is 3.36. The zero-order valence-corrected chi connectivity index (χ0v) is 16.8. The maximum Gasteiger partial charge on any atom is 0.251 e. The molecule has 0 atom stereocenters. The van der Waals surface area contributed by atoms with Crippen molar-refractivity contribution in [3.63, 3.8) is 0 Å². The predicted molar refractivity (Wildman–Crippen MR) is 114 cm³/mol. The smallest absolute Gasteiger partial charge is 0.251 e. The van der Waals surface area contributed by atoms with Crippen LogP contribution in [0.4, 0.5) is 5.69 Å². The number of carbonyl (C=O) groups excluding carboxylic acids is 2. The van der Waals surface area contributed by atoms with Crippen LogP contribution in [-0.2, 0) is 4.79 Å². The molecule has 1 saturated carbocycles. The second-order valence-electron chi connectivity index (χ2n) is 7.40. The fourth-order valence-corrected chi connectivity index (χ4v) is 3.49. The van der Waals surface area contributed by atoms with Crippen LogP contribution in [0.15, 0.2) is 42.5 Å². The second kappa shape index (κ2) is 8.66. The van der Waals surface area contributed by atoms with Gasteiger partial charge in [0.05, 0.1) is 11.0 Å². The summed E-state index contributed by atoms with van der Waals surface area (Å²) in [6, 6.07) is 12.4. The van der Waals surface area contributed by atoms with Gasteiger partial charge in [0.2, 0.25) is 5.91 Å². The van der Waals surface area contributed by atoms with Gasteiger partial charge in [0.25, 0.3) is 5.91 Å². The lowest BCUT2D eigenvalue weighted by atomic mass is 9.85. The van der Waals surface area contributed by atoms with Gasteiger partial charge in [0.15, 0.2) is 0 Å². The maximum absolute atomic E-state index is 12.2. The molecule has 2 aromatic carbocycles. The topological polar surface area (TPSA) is 86.9 Å². The van der Waals surface area contributed by atoms with Gasteiger partial charge in [-0.15, -0.1) is 0 Å². The number of rotatable bonds is 7. The summed E-state index contributed by atoms with van der Waals surface area (Å²) in [5, 5.41) is 6.31. The zero-order chi connectivity index (χ0) is 20.2. The summed E-state index contributed by atoms with van der Waals surface area (Å²) in [5.41, 5.74) is 3.17. The number of fused-ring (bicyclic) bond motifs is 1. The van der Waals surface area contributed by atoms with E-state index in [4.69, 9.17) is 11.6 Å². The average molecular weight is 411 g/mol. The Bertz CT molecular complexity index is 1020. The van der Waals surface area contributed by atoms with E-state index < -0.39 is 0 Å². The van der Waals surface area contributed by atoms with E-state index in [1.165, 1.54) is 19.3 Å². The summed E-state index contributed by atoms with van der Waals surface area (Å²) in [6.07, 6.45) is 4.54. The SMILES string of the molecule is O=C(CCCNC(=O)c1ccc(Cl)cc1)Nc1ccc2nc(C3CCC3)[nH]c2c1. The van der Waals surface area contributed by atoms with Gasteiger partial charge < -0.3 is 15.6 Å². The number of aromatic nitrogens is 2. The summed E-state index contributed by atoms with van der Waals surface area (Å²) >= 11 is 5.82. The lowest BCUT2D eigenvalue weighted by Crippen LogP contribution is -2.25. The molecule has 0 radical (unpaired) electrons. The van der Waals surface area contributed by atoms with Crippen molar-refractivity contribution in [3.8, 4) is 0 Å². The molecule has 0 bridgehead atoms. The molecule has 0 saturated heterocycles. The zero-order valence-electron chi connectivity index (χ0n) is 16.0. The fraction of sp³-hybridized carbons (Fsp3) is 0.318. The van der Waals surface area contributed by atoms with Gasteiger partial charge in [0, 0.05) is 35.2 Å². The van der Waals surface area contributed by atoms with Crippen molar-refractivity contribution in [2.24, 2.45) is 0 Å². The van der Waals surface area contributed by atoms with E-state index in [1.807, 2.05) is 18.2 Å². The van der Waals surface area contributed by atoms with Crippen molar-refractivity contribution < 1.29 is 9.59 Å². The van der Waals surface area contributed by atoms with Crippen LogP contribution in [-0.4, -0.2) is 28.3 Å². The maximum atomic E-state index is 12.2. The van der Waals surface area contributed by atoms with Crippen LogP contribution in [0.1, 0.15) is 54.2 Å². The van der Waals surface area contributed by atoms with Crippen molar-refractivity contribution in [1.29, 1.82) is 0 Å². The van der Waals surface area contributed by atoms with Crippen molar-refractivity contribution >= 4 is 40.1 Å². The minimum absolute atomic E-state index is 0.0798. The first-order valence-electron chi connectivity index (χ1n) is 9.92. The molecule has 150 valence electrons. The molecule has 3 N–H and O–H groups in total. The number of hydrogen-bond acceptors (Lipinski definition) is 3. The van der Waals surface area contributed by atoms with Gasteiger partial charge in [-0.3, -0.25) is 9.59 Å². The molecule has 1 fully saturated rings. The summed E-state index contributed by atoms with van der Waals surface area (Å²) in [4.78, 5) is 32.3. The molecule has 2 amide bonds. The van der Waals surface area contributed by atoms with Crippen LogP contribution in [0.2, 0.25) is 5.02 Å². The van der Waals surface area contributed by atoms with Crippen LogP contribution in [0.25, 0.3) is 11.0 Å². The third-order valence-electron chi connectivity index (χ3n) is 5.25. The molecular weight excluding hydrogens is 388 g/mol. The third-order valence-corrected chi connectivity index (χ3v) is 5.50. The summed E-state index contributed by atoms with van der Waals surface area (Å²) in [7, 11) is 0. The number of H-pyrrole nitrogens is 1. The molecule has 1 aromatic heterocycles. The van der Waals surface area contributed by atoms with Crippen molar-refractivity contribution in [1.82, 2.24) is 15.3 Å². The number of carbonyl (C=O) groups is 2. The number of nitrogens with zero attached hydrogens (tertiary/aromatic N) is 1. The molecule has 7 heteroatoms. The van der Waals surface area contributed by atoms with E-state index >= 15 is 0 Å². The highest BCUT2D eigenvalue weighted by molar-refractivity contribution is 6.30. The quantitative estimate of drug-likeness (QED) is 0.496. The Morgan fingerprint density at radius 2 is 1.93 bits per heavy atom. The molecule has 4 rings (SSSR count). The van der Waals surface area contributed by atoms with Crippen molar-refractivity contribution in [3.05, 3.63) is 58.9 Å².